The molecule has 2 nitrogen and oxygen atoms in total. The van der Waals surface area contributed by atoms with E-state index in [4.69, 9.17) is 4.74 Å². The zero-order chi connectivity index (χ0) is 11.0. The smallest absolute Gasteiger partial charge is 0.205 e. The molecule has 0 spiro atoms. The fourth-order valence-electron chi connectivity index (χ4n) is 2.33. The molecule has 0 radical (unpaired) electrons. The first-order valence-electron chi connectivity index (χ1n) is 5.71. The summed E-state index contributed by atoms with van der Waals surface area (Å²) in [4.78, 5) is 2.06. The van der Waals surface area contributed by atoms with Crippen LogP contribution in [0, 0.1) is 0 Å². The summed E-state index contributed by atoms with van der Waals surface area (Å²) in [6, 6.07) is 7.57. The molecule has 1 saturated heterocycles. The maximum atomic E-state index is 13.9. The van der Waals surface area contributed by atoms with E-state index in [1.807, 2.05) is 24.3 Å². The van der Waals surface area contributed by atoms with Gasteiger partial charge < -0.3 is 4.74 Å². The topological polar surface area (TPSA) is 12.5 Å². The molecule has 0 saturated carbocycles. The first kappa shape index (κ1) is 9.85. The highest BCUT2D eigenvalue weighted by Crippen LogP contribution is 2.32. The second-order valence-corrected chi connectivity index (χ2v) is 4.28. The van der Waals surface area contributed by atoms with E-state index in [2.05, 4.69) is 4.90 Å². The summed E-state index contributed by atoms with van der Waals surface area (Å²) < 4.78 is 19.6. The van der Waals surface area contributed by atoms with Crippen LogP contribution in [0.2, 0.25) is 0 Å². The molecule has 2 aliphatic heterocycles. The van der Waals surface area contributed by atoms with Crippen molar-refractivity contribution in [3.05, 3.63) is 35.7 Å². The van der Waals surface area contributed by atoms with Crippen LogP contribution in [0.25, 0.3) is 6.08 Å². The van der Waals surface area contributed by atoms with Crippen LogP contribution in [0.5, 0.6) is 5.75 Å². The SMILES string of the molecule is FC1=Cc2ccccc2OC1N1CCCC1. The molecule has 3 rings (SSSR count). The Balaban J connectivity index is 1.90. The van der Waals surface area contributed by atoms with Crippen LogP contribution in [0.15, 0.2) is 30.1 Å². The van der Waals surface area contributed by atoms with Crippen LogP contribution < -0.4 is 4.74 Å². The number of hydrogen-bond donors (Lipinski definition) is 0. The molecule has 16 heavy (non-hydrogen) atoms. The van der Waals surface area contributed by atoms with Gasteiger partial charge in [-0.25, -0.2) is 4.39 Å². The summed E-state index contributed by atoms with van der Waals surface area (Å²) >= 11 is 0. The lowest BCUT2D eigenvalue weighted by Gasteiger charge is -2.30. The first-order valence-corrected chi connectivity index (χ1v) is 5.71. The zero-order valence-corrected chi connectivity index (χ0v) is 9.03. The van der Waals surface area contributed by atoms with Gasteiger partial charge >= 0.3 is 0 Å². The Morgan fingerprint density at radius 3 is 2.75 bits per heavy atom. The molecule has 2 heterocycles. The monoisotopic (exact) mass is 219 g/mol. The molecule has 1 aromatic rings. The Bertz CT molecular complexity index is 424. The van der Waals surface area contributed by atoms with Gasteiger partial charge in [-0.15, -0.1) is 0 Å². The molecule has 0 aliphatic carbocycles. The van der Waals surface area contributed by atoms with Gasteiger partial charge in [-0.3, -0.25) is 4.90 Å². The molecule has 2 aliphatic rings. The Morgan fingerprint density at radius 2 is 1.94 bits per heavy atom. The van der Waals surface area contributed by atoms with Crippen molar-refractivity contribution in [2.75, 3.05) is 13.1 Å². The van der Waals surface area contributed by atoms with Gasteiger partial charge in [0, 0.05) is 18.7 Å². The second-order valence-electron chi connectivity index (χ2n) is 4.28. The number of benzene rings is 1. The second kappa shape index (κ2) is 3.91. The number of likely N-dealkylation sites (tertiary alicyclic amines) is 1. The van der Waals surface area contributed by atoms with E-state index in [1.54, 1.807) is 6.08 Å². The molecule has 1 fully saturated rings. The van der Waals surface area contributed by atoms with Crippen molar-refractivity contribution in [2.24, 2.45) is 0 Å². The van der Waals surface area contributed by atoms with Crippen LogP contribution in [0.3, 0.4) is 0 Å². The van der Waals surface area contributed by atoms with Gasteiger partial charge in [0.15, 0.2) is 5.83 Å². The van der Waals surface area contributed by atoms with E-state index in [0.717, 1.165) is 37.2 Å². The molecule has 1 aromatic carbocycles. The number of ether oxygens (including phenoxy) is 1. The molecule has 84 valence electrons. The predicted molar refractivity (Wildman–Crippen MR) is 60.8 cm³/mol. The maximum absolute atomic E-state index is 13.9. The highest BCUT2D eigenvalue weighted by atomic mass is 19.1. The minimum atomic E-state index is -0.502. The molecular formula is C13H14FNO. The molecule has 0 aromatic heterocycles. The van der Waals surface area contributed by atoms with Crippen molar-refractivity contribution in [3.63, 3.8) is 0 Å². The molecule has 3 heteroatoms. The van der Waals surface area contributed by atoms with Gasteiger partial charge in [-0.2, -0.15) is 0 Å². The lowest BCUT2D eigenvalue weighted by Crippen LogP contribution is -2.39. The van der Waals surface area contributed by atoms with Gasteiger partial charge in [0.1, 0.15) is 5.75 Å². The van der Waals surface area contributed by atoms with Crippen LogP contribution in [0.1, 0.15) is 18.4 Å². The lowest BCUT2D eigenvalue weighted by atomic mass is 10.1. The predicted octanol–water partition coefficient (Wildman–Crippen LogP) is 2.81. The number of halogens is 1. The van der Waals surface area contributed by atoms with Gasteiger partial charge in [0.05, 0.1) is 0 Å². The summed E-state index contributed by atoms with van der Waals surface area (Å²) in [5, 5.41) is 0. The van der Waals surface area contributed by atoms with Gasteiger partial charge in [0.2, 0.25) is 6.23 Å². The van der Waals surface area contributed by atoms with Gasteiger partial charge in [0.25, 0.3) is 0 Å². The highest BCUT2D eigenvalue weighted by molar-refractivity contribution is 5.61. The number of nitrogens with zero attached hydrogens (tertiary/aromatic N) is 1. The Kier molecular flexibility index (Phi) is 2.40. The van der Waals surface area contributed by atoms with E-state index in [1.165, 1.54) is 0 Å². The largest absolute Gasteiger partial charge is 0.468 e. The van der Waals surface area contributed by atoms with Gasteiger partial charge in [-0.1, -0.05) is 18.2 Å². The summed E-state index contributed by atoms with van der Waals surface area (Å²) in [6.45, 7) is 1.85. The fraction of sp³-hybridized carbons (Fsp3) is 0.385. The molecular weight excluding hydrogens is 205 g/mol. The van der Waals surface area contributed by atoms with Gasteiger partial charge in [-0.05, 0) is 25.0 Å². The molecule has 0 amide bonds. The highest BCUT2D eigenvalue weighted by Gasteiger charge is 2.30. The van der Waals surface area contributed by atoms with Crippen LogP contribution in [-0.4, -0.2) is 24.2 Å². The molecule has 0 bridgehead atoms. The van der Waals surface area contributed by atoms with Crippen molar-refractivity contribution >= 4 is 6.08 Å². The van der Waals surface area contributed by atoms with E-state index in [0.29, 0.717) is 0 Å². The Morgan fingerprint density at radius 1 is 1.19 bits per heavy atom. The number of para-hydroxylation sites is 1. The fourth-order valence-corrected chi connectivity index (χ4v) is 2.33. The minimum Gasteiger partial charge on any atom is -0.468 e. The quantitative estimate of drug-likeness (QED) is 0.720. The van der Waals surface area contributed by atoms with Crippen molar-refractivity contribution < 1.29 is 9.13 Å². The third kappa shape index (κ3) is 1.61. The lowest BCUT2D eigenvalue weighted by molar-refractivity contribution is 0.0532. The van der Waals surface area contributed by atoms with Crippen molar-refractivity contribution in [1.82, 2.24) is 4.90 Å². The summed E-state index contributed by atoms with van der Waals surface area (Å²) in [7, 11) is 0. The van der Waals surface area contributed by atoms with Crippen molar-refractivity contribution in [2.45, 2.75) is 19.1 Å². The minimum absolute atomic E-state index is 0.180. The van der Waals surface area contributed by atoms with Crippen LogP contribution in [-0.2, 0) is 0 Å². The summed E-state index contributed by atoms with van der Waals surface area (Å²) in [5.41, 5.74) is 0.829. The van der Waals surface area contributed by atoms with Crippen molar-refractivity contribution in [3.8, 4) is 5.75 Å². The number of fused-ring (bicyclic) bond motifs is 1. The van der Waals surface area contributed by atoms with E-state index >= 15 is 0 Å². The van der Waals surface area contributed by atoms with Crippen LogP contribution in [0.4, 0.5) is 4.39 Å². The third-order valence-electron chi connectivity index (χ3n) is 3.16. The number of rotatable bonds is 1. The van der Waals surface area contributed by atoms with E-state index < -0.39 is 6.23 Å². The summed E-state index contributed by atoms with van der Waals surface area (Å²) in [5.74, 6) is 0.599. The third-order valence-corrected chi connectivity index (χ3v) is 3.16. The molecule has 0 N–H and O–H groups in total. The number of hydrogen-bond acceptors (Lipinski definition) is 2. The average Bonchev–Trinajstić information content (AvgIpc) is 2.81. The molecule has 1 atom stereocenters. The standard InChI is InChI=1S/C13H14FNO/c14-11-9-10-5-1-2-6-12(10)16-13(11)15-7-3-4-8-15/h1-2,5-6,9,13H,3-4,7-8H2. The maximum Gasteiger partial charge on any atom is 0.205 e. The Hall–Kier alpha value is -1.35. The molecule has 1 unspecified atom stereocenters. The van der Waals surface area contributed by atoms with E-state index in [-0.39, 0.29) is 5.83 Å². The normalized spacial score (nSPS) is 24.8. The average molecular weight is 219 g/mol. The summed E-state index contributed by atoms with van der Waals surface area (Å²) in [6.07, 6.45) is 3.35. The Labute approximate surface area is 94.3 Å². The van der Waals surface area contributed by atoms with Crippen LogP contribution >= 0.6 is 0 Å². The van der Waals surface area contributed by atoms with Crippen molar-refractivity contribution in [1.29, 1.82) is 0 Å². The van der Waals surface area contributed by atoms with E-state index in [9.17, 15) is 4.39 Å². The first-order chi connectivity index (χ1) is 7.84. The zero-order valence-electron chi connectivity index (χ0n) is 9.03.